The van der Waals surface area contributed by atoms with Crippen molar-refractivity contribution in [3.8, 4) is 11.8 Å². The fourth-order valence-electron chi connectivity index (χ4n) is 3.72. The zero-order valence-corrected chi connectivity index (χ0v) is 15.9. The summed E-state index contributed by atoms with van der Waals surface area (Å²) in [5, 5.41) is 5.93. The molecule has 0 spiro atoms. The molecule has 27 heavy (non-hydrogen) atoms. The van der Waals surface area contributed by atoms with Crippen LogP contribution in [0.15, 0.2) is 30.5 Å². The number of pyridine rings is 1. The molecule has 2 aliphatic rings. The fourth-order valence-corrected chi connectivity index (χ4v) is 3.72. The molecule has 5 heteroatoms. The third-order valence-corrected chi connectivity index (χ3v) is 5.22. The summed E-state index contributed by atoms with van der Waals surface area (Å²) in [5.41, 5.74) is 0.344. The Morgan fingerprint density at radius 2 is 2.00 bits per heavy atom. The molecule has 1 aromatic heterocycles. The van der Waals surface area contributed by atoms with E-state index < -0.39 is 5.54 Å². The molecule has 0 saturated heterocycles. The molecule has 2 aliphatic carbocycles. The maximum absolute atomic E-state index is 12.8. The first kappa shape index (κ1) is 19.2. The van der Waals surface area contributed by atoms with Crippen LogP contribution in [0.3, 0.4) is 0 Å². The molecule has 0 bridgehead atoms. The highest BCUT2D eigenvalue weighted by molar-refractivity contribution is 5.87. The number of carbonyl (C=O) groups excluding carboxylic acids is 2. The van der Waals surface area contributed by atoms with Crippen LogP contribution in [0.4, 0.5) is 5.82 Å². The summed E-state index contributed by atoms with van der Waals surface area (Å²) in [5.74, 6) is 7.11. The van der Waals surface area contributed by atoms with Crippen LogP contribution in [-0.2, 0) is 9.59 Å². The van der Waals surface area contributed by atoms with Crippen molar-refractivity contribution in [1.29, 1.82) is 0 Å². The average Bonchev–Trinajstić information content (AvgIpc) is 2.68. The van der Waals surface area contributed by atoms with Crippen molar-refractivity contribution in [2.24, 2.45) is 5.92 Å². The van der Waals surface area contributed by atoms with Gasteiger partial charge >= 0.3 is 0 Å². The SMILES string of the molecule is CC(=O)Nc1ccc(C#CC2(NC(=O)[C@H]3CC=CCC3)CCCCC2)cn1. The first-order valence-electron chi connectivity index (χ1n) is 9.80. The highest BCUT2D eigenvalue weighted by Gasteiger charge is 2.33. The van der Waals surface area contributed by atoms with Crippen molar-refractivity contribution in [2.75, 3.05) is 5.32 Å². The van der Waals surface area contributed by atoms with Gasteiger partial charge in [-0.1, -0.05) is 43.3 Å². The minimum Gasteiger partial charge on any atom is -0.340 e. The van der Waals surface area contributed by atoms with E-state index in [4.69, 9.17) is 0 Å². The molecular weight excluding hydrogens is 338 g/mol. The Bertz CT molecular complexity index is 765. The first-order chi connectivity index (χ1) is 13.1. The second-order valence-electron chi connectivity index (χ2n) is 7.48. The topological polar surface area (TPSA) is 71.1 Å². The van der Waals surface area contributed by atoms with Crippen molar-refractivity contribution in [2.45, 2.75) is 63.8 Å². The lowest BCUT2D eigenvalue weighted by molar-refractivity contribution is -0.127. The number of carbonyl (C=O) groups is 2. The van der Waals surface area contributed by atoms with E-state index in [1.807, 2.05) is 6.07 Å². The molecule has 142 valence electrons. The van der Waals surface area contributed by atoms with Gasteiger partial charge in [-0.2, -0.15) is 0 Å². The molecule has 1 heterocycles. The second-order valence-corrected chi connectivity index (χ2v) is 7.48. The van der Waals surface area contributed by atoms with E-state index >= 15 is 0 Å². The van der Waals surface area contributed by atoms with Gasteiger partial charge in [0.1, 0.15) is 11.4 Å². The zero-order valence-electron chi connectivity index (χ0n) is 15.9. The number of aromatic nitrogens is 1. The number of nitrogens with zero attached hydrogens (tertiary/aromatic N) is 1. The zero-order chi connectivity index (χ0) is 19.1. The summed E-state index contributed by atoms with van der Waals surface area (Å²) in [6.45, 7) is 1.45. The number of allylic oxidation sites excluding steroid dienone is 2. The van der Waals surface area contributed by atoms with Crippen LogP contribution in [0.5, 0.6) is 0 Å². The highest BCUT2D eigenvalue weighted by Crippen LogP contribution is 2.29. The standard InChI is InChI=1S/C22H27N3O2/c1-17(26)24-20-11-10-18(16-23-20)12-15-22(13-6-3-7-14-22)25-21(27)19-8-4-2-5-9-19/h2,4,10-11,16,19H,3,5-9,13-14H2,1H3,(H,25,27)(H,23,24,26)/t19-/m0/s1. The Morgan fingerprint density at radius 1 is 1.19 bits per heavy atom. The van der Waals surface area contributed by atoms with Crippen LogP contribution in [0.1, 0.15) is 63.9 Å². The lowest BCUT2D eigenvalue weighted by Crippen LogP contribution is -2.50. The molecule has 0 aliphatic heterocycles. The lowest BCUT2D eigenvalue weighted by Gasteiger charge is -2.35. The third-order valence-electron chi connectivity index (χ3n) is 5.22. The van der Waals surface area contributed by atoms with E-state index in [9.17, 15) is 9.59 Å². The summed E-state index contributed by atoms with van der Waals surface area (Å²) >= 11 is 0. The summed E-state index contributed by atoms with van der Waals surface area (Å²) in [6, 6.07) is 3.58. The maximum atomic E-state index is 12.8. The van der Waals surface area contributed by atoms with E-state index in [-0.39, 0.29) is 17.7 Å². The van der Waals surface area contributed by atoms with Gasteiger partial charge in [-0.15, -0.1) is 0 Å². The summed E-state index contributed by atoms with van der Waals surface area (Å²) < 4.78 is 0. The Kier molecular flexibility index (Phi) is 6.28. The Labute approximate surface area is 161 Å². The molecule has 1 fully saturated rings. The van der Waals surface area contributed by atoms with Crippen LogP contribution in [0.2, 0.25) is 0 Å². The number of rotatable bonds is 3. The van der Waals surface area contributed by atoms with Crippen molar-refractivity contribution in [1.82, 2.24) is 10.3 Å². The van der Waals surface area contributed by atoms with Crippen molar-refractivity contribution in [3.05, 3.63) is 36.0 Å². The van der Waals surface area contributed by atoms with Crippen LogP contribution in [-0.4, -0.2) is 22.3 Å². The van der Waals surface area contributed by atoms with Gasteiger partial charge in [-0.25, -0.2) is 4.98 Å². The van der Waals surface area contributed by atoms with E-state index in [0.29, 0.717) is 5.82 Å². The van der Waals surface area contributed by atoms with Crippen LogP contribution in [0, 0.1) is 17.8 Å². The smallest absolute Gasteiger partial charge is 0.224 e. The van der Waals surface area contributed by atoms with E-state index in [1.165, 1.54) is 13.3 Å². The summed E-state index contributed by atoms with van der Waals surface area (Å²) in [6.07, 6.45) is 13.8. The summed E-state index contributed by atoms with van der Waals surface area (Å²) in [7, 11) is 0. The van der Waals surface area contributed by atoms with E-state index in [1.54, 1.807) is 12.3 Å². The van der Waals surface area contributed by atoms with Crippen LogP contribution >= 0.6 is 0 Å². The molecule has 0 unspecified atom stereocenters. The van der Waals surface area contributed by atoms with Gasteiger partial charge in [0.05, 0.1) is 0 Å². The fraction of sp³-hybridized carbons (Fsp3) is 0.500. The molecule has 2 N–H and O–H groups in total. The normalized spacial score (nSPS) is 20.9. The molecule has 1 atom stereocenters. The minimum absolute atomic E-state index is 0.0641. The molecular formula is C22H27N3O2. The van der Waals surface area contributed by atoms with Crippen molar-refractivity contribution in [3.63, 3.8) is 0 Å². The number of nitrogens with one attached hydrogen (secondary N) is 2. The predicted octanol–water partition coefficient (Wildman–Crippen LogP) is 3.57. The number of hydrogen-bond donors (Lipinski definition) is 2. The molecule has 5 nitrogen and oxygen atoms in total. The maximum Gasteiger partial charge on any atom is 0.224 e. The average molecular weight is 365 g/mol. The molecule has 1 saturated carbocycles. The van der Waals surface area contributed by atoms with Gasteiger partial charge in [0.25, 0.3) is 0 Å². The Hall–Kier alpha value is -2.61. The Balaban J connectivity index is 1.73. The van der Waals surface area contributed by atoms with Crippen LogP contribution < -0.4 is 10.6 Å². The molecule has 0 radical (unpaired) electrons. The van der Waals surface area contributed by atoms with Crippen molar-refractivity contribution < 1.29 is 9.59 Å². The van der Waals surface area contributed by atoms with Crippen molar-refractivity contribution >= 4 is 17.6 Å². The monoisotopic (exact) mass is 365 g/mol. The Morgan fingerprint density at radius 3 is 2.63 bits per heavy atom. The quantitative estimate of drug-likeness (QED) is 0.635. The summed E-state index contributed by atoms with van der Waals surface area (Å²) in [4.78, 5) is 28.1. The number of hydrogen-bond acceptors (Lipinski definition) is 3. The molecule has 0 aromatic carbocycles. The van der Waals surface area contributed by atoms with Gasteiger partial charge in [-0.05, 0) is 44.2 Å². The lowest BCUT2D eigenvalue weighted by atomic mass is 9.81. The molecule has 2 amide bonds. The van der Waals surface area contributed by atoms with E-state index in [2.05, 4.69) is 39.6 Å². The molecule has 1 aromatic rings. The van der Waals surface area contributed by atoms with Gasteiger partial charge < -0.3 is 10.6 Å². The highest BCUT2D eigenvalue weighted by atomic mass is 16.2. The predicted molar refractivity (Wildman–Crippen MR) is 106 cm³/mol. The van der Waals surface area contributed by atoms with Gasteiger partial charge in [0, 0.05) is 24.6 Å². The first-order valence-corrected chi connectivity index (χ1v) is 9.80. The number of anilines is 1. The number of amides is 2. The van der Waals surface area contributed by atoms with E-state index in [0.717, 1.165) is 50.5 Å². The van der Waals surface area contributed by atoms with Gasteiger partial charge in [0.15, 0.2) is 0 Å². The van der Waals surface area contributed by atoms with Gasteiger partial charge in [0.2, 0.25) is 11.8 Å². The minimum atomic E-state index is -0.438. The second kappa shape index (κ2) is 8.85. The molecule has 3 rings (SSSR count). The largest absolute Gasteiger partial charge is 0.340 e. The van der Waals surface area contributed by atoms with Gasteiger partial charge in [-0.3, -0.25) is 9.59 Å². The third kappa shape index (κ3) is 5.43. The van der Waals surface area contributed by atoms with Crippen LogP contribution in [0.25, 0.3) is 0 Å².